The molecule has 0 spiro atoms. The van der Waals surface area contributed by atoms with Crippen molar-refractivity contribution in [2.75, 3.05) is 19.6 Å². The summed E-state index contributed by atoms with van der Waals surface area (Å²) in [5, 5.41) is 16.4. The van der Waals surface area contributed by atoms with Gasteiger partial charge in [-0.25, -0.2) is 4.79 Å². The van der Waals surface area contributed by atoms with Gasteiger partial charge < -0.3 is 19.8 Å². The molecule has 2 N–H and O–H groups in total. The molecule has 0 unspecified atom stereocenters. The van der Waals surface area contributed by atoms with Gasteiger partial charge in [-0.1, -0.05) is 19.0 Å². The van der Waals surface area contributed by atoms with Crippen LogP contribution < -0.4 is 5.32 Å². The largest absolute Gasteiger partial charge is 0.389 e. The number of aliphatic hydroxyl groups is 1. The van der Waals surface area contributed by atoms with Gasteiger partial charge in [0.1, 0.15) is 0 Å². The quantitative estimate of drug-likeness (QED) is 0.796. The molecular formula is C14H26N4O3. The van der Waals surface area contributed by atoms with Crippen LogP contribution in [0.1, 0.15) is 52.3 Å². The van der Waals surface area contributed by atoms with Crippen molar-refractivity contribution >= 4 is 6.03 Å². The molecular weight excluding hydrogens is 272 g/mol. The van der Waals surface area contributed by atoms with Crippen LogP contribution in [0.25, 0.3) is 0 Å². The summed E-state index contributed by atoms with van der Waals surface area (Å²) >= 11 is 0. The first-order valence-corrected chi connectivity index (χ1v) is 7.30. The molecule has 2 amide bonds. The van der Waals surface area contributed by atoms with E-state index in [9.17, 15) is 9.90 Å². The Hall–Kier alpha value is -1.63. The van der Waals surface area contributed by atoms with E-state index in [0.29, 0.717) is 31.2 Å². The first-order chi connectivity index (χ1) is 9.73. The van der Waals surface area contributed by atoms with Crippen LogP contribution in [0.15, 0.2) is 4.52 Å². The van der Waals surface area contributed by atoms with Crippen LogP contribution >= 0.6 is 0 Å². The highest BCUT2D eigenvalue weighted by atomic mass is 16.5. The van der Waals surface area contributed by atoms with E-state index < -0.39 is 5.60 Å². The first-order valence-electron chi connectivity index (χ1n) is 7.30. The number of likely N-dealkylation sites (N-methyl/N-ethyl adjacent to an activating group) is 1. The molecule has 0 aliphatic carbocycles. The Balaban J connectivity index is 2.41. The predicted molar refractivity (Wildman–Crippen MR) is 79.0 cm³/mol. The summed E-state index contributed by atoms with van der Waals surface area (Å²) in [7, 11) is 0. The van der Waals surface area contributed by atoms with Crippen LogP contribution in [-0.4, -0.2) is 51.4 Å². The fourth-order valence-corrected chi connectivity index (χ4v) is 1.79. The second-order valence-electron chi connectivity index (χ2n) is 6.01. The standard InChI is InChI=1S/C14H26N4O3/c1-6-18(9-14(4,5)20)13(19)15-8-7-11-16-12(10(2)3)17-21-11/h10,20H,6-9H2,1-5H3,(H,15,19). The van der Waals surface area contributed by atoms with Crippen molar-refractivity contribution in [1.82, 2.24) is 20.4 Å². The van der Waals surface area contributed by atoms with Gasteiger partial charge in [0.25, 0.3) is 0 Å². The Kier molecular flexibility index (Phi) is 6.14. The zero-order valence-corrected chi connectivity index (χ0v) is 13.5. The monoisotopic (exact) mass is 298 g/mol. The van der Waals surface area contributed by atoms with Gasteiger partial charge in [0, 0.05) is 25.4 Å². The van der Waals surface area contributed by atoms with Gasteiger partial charge >= 0.3 is 6.03 Å². The summed E-state index contributed by atoms with van der Waals surface area (Å²) in [6.07, 6.45) is 0.492. The SMILES string of the molecule is CCN(CC(C)(C)O)C(=O)NCCc1nc(C(C)C)no1. The molecule has 0 saturated heterocycles. The maximum Gasteiger partial charge on any atom is 0.317 e. The van der Waals surface area contributed by atoms with Crippen LogP contribution in [0, 0.1) is 0 Å². The summed E-state index contributed by atoms with van der Waals surface area (Å²) in [5.74, 6) is 1.41. The summed E-state index contributed by atoms with van der Waals surface area (Å²) in [6.45, 7) is 10.4. The molecule has 0 radical (unpaired) electrons. The van der Waals surface area contributed by atoms with Gasteiger partial charge in [0.15, 0.2) is 5.82 Å². The molecule has 7 heteroatoms. The van der Waals surface area contributed by atoms with Gasteiger partial charge in [-0.3, -0.25) is 0 Å². The smallest absolute Gasteiger partial charge is 0.317 e. The van der Waals surface area contributed by atoms with Crippen LogP contribution in [0.3, 0.4) is 0 Å². The van der Waals surface area contributed by atoms with E-state index in [4.69, 9.17) is 4.52 Å². The number of rotatable bonds is 7. The van der Waals surface area contributed by atoms with Crippen LogP contribution in [0.5, 0.6) is 0 Å². The molecule has 1 aromatic rings. The lowest BCUT2D eigenvalue weighted by molar-refractivity contribution is 0.0480. The molecule has 0 aromatic carbocycles. The lowest BCUT2D eigenvalue weighted by Crippen LogP contribution is -2.47. The molecule has 1 aromatic heterocycles. The number of amides is 2. The van der Waals surface area contributed by atoms with Crippen LogP contribution in [-0.2, 0) is 6.42 Å². The van der Waals surface area contributed by atoms with Gasteiger partial charge in [0.05, 0.1) is 12.1 Å². The highest BCUT2D eigenvalue weighted by molar-refractivity contribution is 5.74. The maximum absolute atomic E-state index is 12.0. The van der Waals surface area contributed by atoms with Crippen molar-refractivity contribution in [1.29, 1.82) is 0 Å². The lowest BCUT2D eigenvalue weighted by atomic mass is 10.1. The Morgan fingerprint density at radius 3 is 2.62 bits per heavy atom. The second-order valence-corrected chi connectivity index (χ2v) is 6.01. The number of carbonyl (C=O) groups excluding carboxylic acids is 1. The van der Waals surface area contributed by atoms with Crippen LogP contribution in [0.2, 0.25) is 0 Å². The number of hydrogen-bond donors (Lipinski definition) is 2. The Morgan fingerprint density at radius 1 is 1.48 bits per heavy atom. The topological polar surface area (TPSA) is 91.5 Å². The molecule has 0 fully saturated rings. The summed E-state index contributed by atoms with van der Waals surface area (Å²) in [5.41, 5.74) is -0.911. The zero-order chi connectivity index (χ0) is 16.0. The average Bonchev–Trinajstić information content (AvgIpc) is 2.83. The normalized spacial score (nSPS) is 11.8. The number of urea groups is 1. The van der Waals surface area contributed by atoms with Gasteiger partial charge in [0.2, 0.25) is 5.89 Å². The molecule has 21 heavy (non-hydrogen) atoms. The van der Waals surface area contributed by atoms with Gasteiger partial charge in [-0.05, 0) is 20.8 Å². The number of aromatic nitrogens is 2. The third-order valence-electron chi connectivity index (χ3n) is 2.86. The minimum atomic E-state index is -0.911. The number of nitrogens with zero attached hydrogens (tertiary/aromatic N) is 3. The zero-order valence-electron chi connectivity index (χ0n) is 13.5. The molecule has 0 saturated carbocycles. The molecule has 1 rings (SSSR count). The third-order valence-corrected chi connectivity index (χ3v) is 2.86. The fourth-order valence-electron chi connectivity index (χ4n) is 1.79. The highest BCUT2D eigenvalue weighted by Gasteiger charge is 2.21. The first kappa shape index (κ1) is 17.4. The molecule has 0 bridgehead atoms. The van der Waals surface area contributed by atoms with E-state index in [1.165, 1.54) is 0 Å². The molecule has 120 valence electrons. The summed E-state index contributed by atoms with van der Waals surface area (Å²) in [4.78, 5) is 17.8. The Labute approximate surface area is 125 Å². The number of hydrogen-bond acceptors (Lipinski definition) is 5. The third kappa shape index (κ3) is 6.12. The number of nitrogens with one attached hydrogen (secondary N) is 1. The van der Waals surface area contributed by atoms with E-state index in [1.807, 2.05) is 20.8 Å². The van der Waals surface area contributed by atoms with E-state index >= 15 is 0 Å². The van der Waals surface area contributed by atoms with E-state index in [1.54, 1.807) is 18.7 Å². The minimum absolute atomic E-state index is 0.205. The fraction of sp³-hybridized carbons (Fsp3) is 0.786. The van der Waals surface area contributed by atoms with Crippen molar-refractivity contribution in [3.05, 3.63) is 11.7 Å². The van der Waals surface area contributed by atoms with Crippen molar-refractivity contribution in [3.63, 3.8) is 0 Å². The summed E-state index contributed by atoms with van der Waals surface area (Å²) < 4.78 is 5.11. The molecule has 0 aliphatic heterocycles. The van der Waals surface area contributed by atoms with Crippen molar-refractivity contribution < 1.29 is 14.4 Å². The van der Waals surface area contributed by atoms with E-state index in [2.05, 4.69) is 15.5 Å². The van der Waals surface area contributed by atoms with E-state index in [0.717, 1.165) is 0 Å². The number of carbonyl (C=O) groups is 1. The second kappa shape index (κ2) is 7.40. The Morgan fingerprint density at radius 2 is 2.14 bits per heavy atom. The molecule has 7 nitrogen and oxygen atoms in total. The predicted octanol–water partition coefficient (Wildman–Crippen LogP) is 1.54. The highest BCUT2D eigenvalue weighted by Crippen LogP contribution is 2.09. The van der Waals surface area contributed by atoms with Gasteiger partial charge in [-0.15, -0.1) is 0 Å². The molecule has 0 aliphatic rings. The van der Waals surface area contributed by atoms with Gasteiger partial charge in [-0.2, -0.15) is 4.98 Å². The van der Waals surface area contributed by atoms with Crippen molar-refractivity contribution in [3.8, 4) is 0 Å². The molecule has 0 atom stereocenters. The average molecular weight is 298 g/mol. The molecule has 1 heterocycles. The minimum Gasteiger partial charge on any atom is -0.389 e. The lowest BCUT2D eigenvalue weighted by Gasteiger charge is -2.28. The van der Waals surface area contributed by atoms with E-state index in [-0.39, 0.29) is 18.5 Å². The maximum atomic E-state index is 12.0. The van der Waals surface area contributed by atoms with Crippen LogP contribution in [0.4, 0.5) is 4.79 Å². The summed E-state index contributed by atoms with van der Waals surface area (Å²) in [6, 6.07) is -0.205. The van der Waals surface area contributed by atoms with Crippen molar-refractivity contribution in [2.24, 2.45) is 0 Å². The van der Waals surface area contributed by atoms with Crippen molar-refractivity contribution in [2.45, 2.75) is 52.6 Å². The Bertz CT molecular complexity index is 451.